The van der Waals surface area contributed by atoms with E-state index in [2.05, 4.69) is 5.32 Å². The maximum Gasteiger partial charge on any atom is 0.325 e. The Morgan fingerprint density at radius 3 is 2.60 bits per heavy atom. The topological polar surface area (TPSA) is 86.8 Å². The Balaban J connectivity index is 1.71. The Hall–Kier alpha value is -1.92. The van der Waals surface area contributed by atoms with Gasteiger partial charge in [-0.3, -0.25) is 24.2 Å². The fraction of sp³-hybridized carbons (Fsp3) is 0.692. The molecular weight excluding hydrogens is 262 g/mol. The van der Waals surface area contributed by atoms with Gasteiger partial charge in [0.25, 0.3) is 5.91 Å². The first-order valence-corrected chi connectivity index (χ1v) is 6.91. The van der Waals surface area contributed by atoms with Crippen LogP contribution in [-0.2, 0) is 14.4 Å². The van der Waals surface area contributed by atoms with Gasteiger partial charge >= 0.3 is 6.03 Å². The lowest BCUT2D eigenvalue weighted by Gasteiger charge is -2.21. The number of carbonyl (C=O) groups excluding carboxylic acids is 4. The molecule has 1 aliphatic carbocycles. The molecule has 20 heavy (non-hydrogen) atoms. The van der Waals surface area contributed by atoms with Crippen molar-refractivity contribution in [1.29, 1.82) is 0 Å². The van der Waals surface area contributed by atoms with Gasteiger partial charge in [-0.2, -0.15) is 0 Å². The van der Waals surface area contributed by atoms with Crippen LogP contribution in [0.25, 0.3) is 0 Å². The first-order chi connectivity index (χ1) is 9.43. The highest BCUT2D eigenvalue weighted by atomic mass is 16.2. The lowest BCUT2D eigenvalue weighted by atomic mass is 9.96. The molecule has 0 aromatic heterocycles. The van der Waals surface area contributed by atoms with Crippen LogP contribution in [-0.4, -0.2) is 52.2 Å². The molecule has 0 spiro atoms. The van der Waals surface area contributed by atoms with E-state index in [4.69, 9.17) is 0 Å². The summed E-state index contributed by atoms with van der Waals surface area (Å²) in [6, 6.07) is -0.538. The first-order valence-electron chi connectivity index (χ1n) is 6.91. The molecule has 1 unspecified atom stereocenters. The van der Waals surface area contributed by atoms with Crippen molar-refractivity contribution >= 4 is 23.8 Å². The summed E-state index contributed by atoms with van der Waals surface area (Å²) in [7, 11) is 0. The molecule has 0 radical (unpaired) electrons. The van der Waals surface area contributed by atoms with Gasteiger partial charge in [0.2, 0.25) is 11.8 Å². The fourth-order valence-corrected chi connectivity index (χ4v) is 2.93. The number of nitrogens with one attached hydrogen (secondary N) is 1. The molecular formula is C13H17N3O4. The van der Waals surface area contributed by atoms with Gasteiger partial charge in [-0.25, -0.2) is 4.79 Å². The minimum atomic E-state index is -0.883. The van der Waals surface area contributed by atoms with E-state index in [1.165, 1.54) is 0 Å². The number of amides is 5. The second kappa shape index (κ2) is 4.29. The maximum atomic E-state index is 12.3. The zero-order valence-electron chi connectivity index (χ0n) is 11.3. The van der Waals surface area contributed by atoms with Gasteiger partial charge in [0, 0.05) is 13.0 Å². The third-order valence-corrected chi connectivity index (χ3v) is 4.36. The largest absolute Gasteiger partial charge is 0.325 e. The first kappa shape index (κ1) is 13.1. The van der Waals surface area contributed by atoms with Gasteiger partial charge in [0.05, 0.1) is 0 Å². The highest BCUT2D eigenvalue weighted by Crippen LogP contribution is 2.42. The smallest absolute Gasteiger partial charge is 0.323 e. The summed E-state index contributed by atoms with van der Waals surface area (Å²) in [6.45, 7) is 1.73. The molecule has 3 fully saturated rings. The zero-order chi connectivity index (χ0) is 14.5. The van der Waals surface area contributed by atoms with Crippen LogP contribution in [0.2, 0.25) is 0 Å². The standard InChI is InChI=1S/C13H17N3O4/c1-13(8-4-5-8)11(19)16(12(20)14-13)7-10(18)15-6-2-3-9(15)17/h8H,2-7H2,1H3,(H,14,20). The summed E-state index contributed by atoms with van der Waals surface area (Å²) in [5.41, 5.74) is -0.883. The van der Waals surface area contributed by atoms with Gasteiger partial charge < -0.3 is 5.32 Å². The zero-order valence-corrected chi connectivity index (χ0v) is 11.3. The average molecular weight is 279 g/mol. The van der Waals surface area contributed by atoms with Gasteiger partial charge in [-0.15, -0.1) is 0 Å². The number of rotatable bonds is 3. The van der Waals surface area contributed by atoms with E-state index < -0.39 is 17.5 Å². The minimum absolute atomic E-state index is 0.160. The molecule has 108 valence electrons. The number of urea groups is 1. The molecule has 2 heterocycles. The van der Waals surface area contributed by atoms with Crippen molar-refractivity contribution in [3.63, 3.8) is 0 Å². The number of imide groups is 2. The number of hydrogen-bond acceptors (Lipinski definition) is 4. The molecule has 0 bridgehead atoms. The Morgan fingerprint density at radius 1 is 1.35 bits per heavy atom. The van der Waals surface area contributed by atoms with Gasteiger partial charge in [0.15, 0.2) is 0 Å². The molecule has 3 rings (SSSR count). The number of hydrogen-bond donors (Lipinski definition) is 1. The summed E-state index contributed by atoms with van der Waals surface area (Å²) in [6.07, 6.45) is 2.82. The Labute approximate surface area is 116 Å². The van der Waals surface area contributed by atoms with Crippen molar-refractivity contribution in [2.45, 2.75) is 38.1 Å². The van der Waals surface area contributed by atoms with E-state index in [9.17, 15) is 19.2 Å². The van der Waals surface area contributed by atoms with Crippen molar-refractivity contribution < 1.29 is 19.2 Å². The quantitative estimate of drug-likeness (QED) is 0.728. The molecule has 2 saturated heterocycles. The third-order valence-electron chi connectivity index (χ3n) is 4.36. The van der Waals surface area contributed by atoms with E-state index in [0.717, 1.165) is 22.6 Å². The van der Waals surface area contributed by atoms with Crippen LogP contribution in [0, 0.1) is 5.92 Å². The van der Waals surface area contributed by atoms with Crippen LogP contribution in [0.1, 0.15) is 32.6 Å². The van der Waals surface area contributed by atoms with E-state index in [1.807, 2.05) is 0 Å². The number of nitrogens with zero attached hydrogens (tertiary/aromatic N) is 2. The molecule has 0 aromatic carbocycles. The summed E-state index contributed by atoms with van der Waals surface area (Å²) < 4.78 is 0. The highest BCUT2D eigenvalue weighted by Gasteiger charge is 2.56. The second-order valence-electron chi connectivity index (χ2n) is 5.84. The maximum absolute atomic E-state index is 12.3. The van der Waals surface area contributed by atoms with Crippen molar-refractivity contribution in [1.82, 2.24) is 15.1 Å². The molecule has 5 amide bonds. The summed E-state index contributed by atoms with van der Waals surface area (Å²) in [4.78, 5) is 49.8. The van der Waals surface area contributed by atoms with Crippen LogP contribution in [0.5, 0.6) is 0 Å². The summed E-state index contributed by atoms with van der Waals surface area (Å²) >= 11 is 0. The van der Waals surface area contributed by atoms with Crippen LogP contribution in [0.4, 0.5) is 4.79 Å². The van der Waals surface area contributed by atoms with E-state index >= 15 is 0 Å². The Morgan fingerprint density at radius 2 is 2.05 bits per heavy atom. The molecule has 7 nitrogen and oxygen atoms in total. The SMILES string of the molecule is CC1(C2CC2)NC(=O)N(CC(=O)N2CCCC2=O)C1=O. The highest BCUT2D eigenvalue weighted by molar-refractivity contribution is 6.10. The minimum Gasteiger partial charge on any atom is -0.323 e. The van der Waals surface area contributed by atoms with Crippen molar-refractivity contribution in [3.8, 4) is 0 Å². The monoisotopic (exact) mass is 279 g/mol. The molecule has 7 heteroatoms. The third kappa shape index (κ3) is 1.88. The van der Waals surface area contributed by atoms with Crippen LogP contribution >= 0.6 is 0 Å². The van der Waals surface area contributed by atoms with Crippen molar-refractivity contribution in [3.05, 3.63) is 0 Å². The molecule has 2 aliphatic heterocycles. The molecule has 1 N–H and O–H groups in total. The van der Waals surface area contributed by atoms with Crippen LogP contribution in [0.3, 0.4) is 0 Å². The van der Waals surface area contributed by atoms with Crippen molar-refractivity contribution in [2.24, 2.45) is 5.92 Å². The lowest BCUT2D eigenvalue weighted by Crippen LogP contribution is -2.47. The molecule has 0 aromatic rings. The second-order valence-corrected chi connectivity index (χ2v) is 5.84. The van der Waals surface area contributed by atoms with Gasteiger partial charge in [0.1, 0.15) is 12.1 Å². The predicted octanol–water partition coefficient (Wildman–Crippen LogP) is -0.144. The fourth-order valence-electron chi connectivity index (χ4n) is 2.93. The summed E-state index contributed by atoms with van der Waals surface area (Å²) in [5, 5.41) is 2.68. The van der Waals surface area contributed by atoms with E-state index in [1.54, 1.807) is 6.92 Å². The Kier molecular flexibility index (Phi) is 2.81. The number of likely N-dealkylation sites (tertiary alicyclic amines) is 1. The molecule has 1 saturated carbocycles. The number of carbonyl (C=O) groups is 4. The van der Waals surface area contributed by atoms with Crippen molar-refractivity contribution in [2.75, 3.05) is 13.1 Å². The lowest BCUT2D eigenvalue weighted by molar-refractivity contribution is -0.145. The predicted molar refractivity (Wildman–Crippen MR) is 67.3 cm³/mol. The van der Waals surface area contributed by atoms with Crippen LogP contribution < -0.4 is 5.32 Å². The average Bonchev–Trinajstić information content (AvgIpc) is 3.13. The molecule has 3 aliphatic rings. The normalized spacial score (nSPS) is 30.1. The summed E-state index contributed by atoms with van der Waals surface area (Å²) in [5.74, 6) is -0.902. The van der Waals surface area contributed by atoms with E-state index in [-0.39, 0.29) is 24.3 Å². The molecule has 1 atom stereocenters. The Bertz CT molecular complexity index is 514. The van der Waals surface area contributed by atoms with Gasteiger partial charge in [-0.1, -0.05) is 0 Å². The van der Waals surface area contributed by atoms with Gasteiger partial charge in [-0.05, 0) is 32.1 Å². The van der Waals surface area contributed by atoms with E-state index in [0.29, 0.717) is 19.4 Å². The van der Waals surface area contributed by atoms with Crippen LogP contribution in [0.15, 0.2) is 0 Å².